The first-order valence-corrected chi connectivity index (χ1v) is 10.3. The largest absolute Gasteiger partial charge is 0.303 e. The van der Waals surface area contributed by atoms with Crippen LogP contribution in [0.1, 0.15) is 61.4 Å². The zero-order valence-corrected chi connectivity index (χ0v) is 16.2. The monoisotopic (exact) mass is 392 g/mol. The molecule has 0 radical (unpaired) electrons. The van der Waals surface area contributed by atoms with E-state index >= 15 is 0 Å². The van der Waals surface area contributed by atoms with Gasteiger partial charge in [-0.1, -0.05) is 36.5 Å². The summed E-state index contributed by atoms with van der Waals surface area (Å²) in [6.45, 7) is 3.71. The van der Waals surface area contributed by atoms with Crippen LogP contribution in [0.2, 0.25) is 0 Å². The maximum Gasteiger partial charge on any atom is 0.228 e. The predicted molar refractivity (Wildman–Crippen MR) is 99.4 cm³/mol. The second-order valence-electron chi connectivity index (χ2n) is 7.51. The molecule has 2 aromatic heterocycles. The summed E-state index contributed by atoms with van der Waals surface area (Å²) in [4.78, 5) is 22.2. The van der Waals surface area contributed by atoms with E-state index in [1.807, 2.05) is 13.8 Å². The third-order valence-corrected chi connectivity index (χ3v) is 7.25. The summed E-state index contributed by atoms with van der Waals surface area (Å²) in [6, 6.07) is 0. The minimum atomic E-state index is -0.0659. The number of anilines is 2. The molecule has 2 saturated carbocycles. The number of carbonyl (C=O) groups excluding carboxylic acids is 2. The van der Waals surface area contributed by atoms with E-state index in [2.05, 4.69) is 31.0 Å². The fourth-order valence-electron chi connectivity index (χ4n) is 3.86. The summed E-state index contributed by atoms with van der Waals surface area (Å²) in [5.41, 5.74) is 0.395. The van der Waals surface area contributed by atoms with Crippen LogP contribution in [0.4, 0.5) is 10.3 Å². The Morgan fingerprint density at radius 3 is 2.12 bits per heavy atom. The van der Waals surface area contributed by atoms with E-state index in [0.717, 1.165) is 35.7 Å². The number of hydrogen-bond donors (Lipinski definition) is 2. The van der Waals surface area contributed by atoms with Gasteiger partial charge < -0.3 is 10.6 Å². The quantitative estimate of drug-likeness (QED) is 0.731. The van der Waals surface area contributed by atoms with Crippen LogP contribution in [0.25, 0.3) is 0 Å². The van der Waals surface area contributed by atoms with E-state index in [-0.39, 0.29) is 11.8 Å². The molecule has 0 aliphatic heterocycles. The van der Waals surface area contributed by atoms with Crippen molar-refractivity contribution in [2.24, 2.45) is 11.3 Å². The highest BCUT2D eigenvalue weighted by molar-refractivity contribution is 7.15. The molecule has 1 spiro atoms. The van der Waals surface area contributed by atoms with Gasteiger partial charge in [-0.2, -0.15) is 0 Å². The molecule has 0 atom stereocenters. The summed E-state index contributed by atoms with van der Waals surface area (Å²) >= 11 is 2.95. The molecule has 26 heavy (non-hydrogen) atoms. The average Bonchev–Trinajstić information content (AvgIpc) is 3.15. The molecule has 10 heteroatoms. The van der Waals surface area contributed by atoms with Crippen LogP contribution in [0, 0.1) is 11.3 Å². The van der Waals surface area contributed by atoms with Crippen LogP contribution < -0.4 is 10.6 Å². The van der Waals surface area contributed by atoms with Crippen molar-refractivity contribution in [3.63, 3.8) is 0 Å². The standard InChI is InChI=1S/C16H20N6O2S2/c1-8(2)11(24)18-15-22-20-13(26-15)10-5-16(6-10)3-9(4-16)12-19-21-14(25-12)17-7-23/h7-10H,3-6H2,1-2H3,(H,17,21,23)(H,18,22,24). The van der Waals surface area contributed by atoms with E-state index in [1.165, 1.54) is 22.7 Å². The van der Waals surface area contributed by atoms with E-state index in [1.54, 1.807) is 0 Å². The van der Waals surface area contributed by atoms with Crippen molar-refractivity contribution in [3.8, 4) is 0 Å². The molecule has 0 saturated heterocycles. The molecular weight excluding hydrogens is 372 g/mol. The smallest absolute Gasteiger partial charge is 0.228 e. The maximum atomic E-state index is 11.7. The summed E-state index contributed by atoms with van der Waals surface area (Å²) in [7, 11) is 0. The summed E-state index contributed by atoms with van der Waals surface area (Å²) in [5, 5.41) is 25.1. The van der Waals surface area contributed by atoms with Crippen molar-refractivity contribution in [3.05, 3.63) is 10.0 Å². The lowest BCUT2D eigenvalue weighted by molar-refractivity contribution is -0.118. The SMILES string of the molecule is CC(C)C(=O)Nc1nnc(C2CC3(CC(c4nnc(NC=O)s4)C3)C2)s1. The number of hydrogen-bond acceptors (Lipinski definition) is 8. The van der Waals surface area contributed by atoms with E-state index in [9.17, 15) is 9.59 Å². The topological polar surface area (TPSA) is 110 Å². The Labute approximate surface area is 158 Å². The van der Waals surface area contributed by atoms with Gasteiger partial charge in [-0.3, -0.25) is 9.59 Å². The molecule has 0 aromatic carbocycles. The third-order valence-electron chi connectivity index (χ3n) is 5.23. The molecule has 2 amide bonds. The molecular formula is C16H20N6O2S2. The first-order chi connectivity index (χ1) is 12.5. The van der Waals surface area contributed by atoms with E-state index in [0.29, 0.717) is 33.9 Å². The molecule has 2 aromatic rings. The van der Waals surface area contributed by atoms with Gasteiger partial charge in [-0.15, -0.1) is 20.4 Å². The molecule has 2 aliphatic carbocycles. The highest BCUT2D eigenvalue weighted by atomic mass is 32.1. The van der Waals surface area contributed by atoms with Crippen molar-refractivity contribution < 1.29 is 9.59 Å². The number of nitrogens with zero attached hydrogens (tertiary/aromatic N) is 4. The Kier molecular flexibility index (Phi) is 4.47. The van der Waals surface area contributed by atoms with Crippen molar-refractivity contribution in [2.75, 3.05) is 10.6 Å². The van der Waals surface area contributed by atoms with E-state index < -0.39 is 0 Å². The minimum absolute atomic E-state index is 0.0277. The highest BCUT2D eigenvalue weighted by Gasteiger charge is 2.55. The predicted octanol–water partition coefficient (Wildman–Crippen LogP) is 2.99. The van der Waals surface area contributed by atoms with Crippen LogP contribution in [-0.2, 0) is 9.59 Å². The summed E-state index contributed by atoms with van der Waals surface area (Å²) < 4.78 is 0. The third kappa shape index (κ3) is 3.23. The Morgan fingerprint density at radius 1 is 1.04 bits per heavy atom. The Hall–Kier alpha value is -1.94. The summed E-state index contributed by atoms with van der Waals surface area (Å²) in [6.07, 6.45) is 5.11. The van der Waals surface area contributed by atoms with Gasteiger partial charge in [-0.05, 0) is 31.1 Å². The lowest BCUT2D eigenvalue weighted by atomic mass is 9.48. The van der Waals surface area contributed by atoms with Gasteiger partial charge >= 0.3 is 0 Å². The lowest BCUT2D eigenvalue weighted by Gasteiger charge is -2.56. The van der Waals surface area contributed by atoms with Crippen molar-refractivity contribution in [1.29, 1.82) is 0 Å². The second kappa shape index (κ2) is 6.66. The molecule has 2 N–H and O–H groups in total. The van der Waals surface area contributed by atoms with Crippen LogP contribution >= 0.6 is 22.7 Å². The van der Waals surface area contributed by atoms with Gasteiger partial charge in [0.2, 0.25) is 22.6 Å². The minimum Gasteiger partial charge on any atom is -0.303 e. The molecule has 138 valence electrons. The van der Waals surface area contributed by atoms with Gasteiger partial charge in [0.25, 0.3) is 0 Å². The van der Waals surface area contributed by atoms with Crippen LogP contribution in [0.3, 0.4) is 0 Å². The van der Waals surface area contributed by atoms with Gasteiger partial charge in [0, 0.05) is 17.8 Å². The number of aromatic nitrogens is 4. The number of carbonyl (C=O) groups is 2. The zero-order valence-electron chi connectivity index (χ0n) is 14.6. The molecule has 2 fully saturated rings. The number of amides is 2. The Bertz CT molecular complexity index is 818. The lowest BCUT2D eigenvalue weighted by Crippen LogP contribution is -2.45. The second-order valence-corrected chi connectivity index (χ2v) is 9.53. The van der Waals surface area contributed by atoms with Crippen molar-refractivity contribution >= 4 is 45.3 Å². The molecule has 0 unspecified atom stereocenters. The van der Waals surface area contributed by atoms with Gasteiger partial charge in [0.15, 0.2) is 0 Å². The van der Waals surface area contributed by atoms with Gasteiger partial charge in [0.05, 0.1) is 0 Å². The number of rotatable bonds is 6. The number of nitrogens with one attached hydrogen (secondary N) is 2. The normalized spacial score (nSPS) is 27.0. The van der Waals surface area contributed by atoms with Crippen molar-refractivity contribution in [1.82, 2.24) is 20.4 Å². The fraction of sp³-hybridized carbons (Fsp3) is 0.625. The van der Waals surface area contributed by atoms with Crippen LogP contribution in [-0.4, -0.2) is 32.7 Å². The zero-order chi connectivity index (χ0) is 18.3. The summed E-state index contributed by atoms with van der Waals surface area (Å²) in [5.74, 6) is 0.801. The van der Waals surface area contributed by atoms with Gasteiger partial charge in [-0.25, -0.2) is 0 Å². The molecule has 8 nitrogen and oxygen atoms in total. The van der Waals surface area contributed by atoms with Crippen LogP contribution in [0.5, 0.6) is 0 Å². The Balaban J connectivity index is 1.29. The first kappa shape index (κ1) is 17.5. The Morgan fingerprint density at radius 2 is 1.58 bits per heavy atom. The highest BCUT2D eigenvalue weighted by Crippen LogP contribution is 2.66. The van der Waals surface area contributed by atoms with Crippen molar-refractivity contribution in [2.45, 2.75) is 51.4 Å². The molecule has 4 rings (SSSR count). The molecule has 0 bridgehead atoms. The fourth-order valence-corrected chi connectivity index (χ4v) is 5.51. The first-order valence-electron chi connectivity index (χ1n) is 8.66. The maximum absolute atomic E-state index is 11.7. The van der Waals surface area contributed by atoms with Gasteiger partial charge in [0.1, 0.15) is 10.0 Å². The van der Waals surface area contributed by atoms with Crippen LogP contribution in [0.15, 0.2) is 0 Å². The molecule has 2 heterocycles. The average molecular weight is 393 g/mol. The molecule has 2 aliphatic rings. The van der Waals surface area contributed by atoms with E-state index in [4.69, 9.17) is 0 Å².